The highest BCUT2D eigenvalue weighted by atomic mass is 32.1. The van der Waals surface area contributed by atoms with E-state index in [4.69, 9.17) is 4.42 Å². The van der Waals surface area contributed by atoms with Gasteiger partial charge in [0.15, 0.2) is 5.76 Å². The van der Waals surface area contributed by atoms with Gasteiger partial charge >= 0.3 is 0 Å². The van der Waals surface area contributed by atoms with Crippen LogP contribution in [0.2, 0.25) is 0 Å². The Morgan fingerprint density at radius 3 is 2.95 bits per heavy atom. The van der Waals surface area contributed by atoms with Crippen LogP contribution in [0.5, 0.6) is 0 Å². The lowest BCUT2D eigenvalue weighted by Gasteiger charge is -1.86. The second kappa shape index (κ2) is 4.64. The number of aromatic nitrogens is 3. The highest BCUT2D eigenvalue weighted by molar-refractivity contribution is 7.15. The molecule has 0 fully saturated rings. The second-order valence-electron chi connectivity index (χ2n) is 4.49. The van der Waals surface area contributed by atoms with Gasteiger partial charge in [-0.05, 0) is 42.1 Å². The normalized spacial score (nSPS) is 12.5. The molecule has 104 valence electrons. The van der Waals surface area contributed by atoms with Gasteiger partial charge in [-0.25, -0.2) is 0 Å². The molecule has 0 N–H and O–H groups in total. The Labute approximate surface area is 126 Å². The maximum absolute atomic E-state index is 12.4. The third kappa shape index (κ3) is 2.01. The predicted molar refractivity (Wildman–Crippen MR) is 82.7 cm³/mol. The summed E-state index contributed by atoms with van der Waals surface area (Å²) in [6.07, 6.45) is 3.46. The molecule has 0 amide bonds. The van der Waals surface area contributed by atoms with E-state index in [-0.39, 0.29) is 5.56 Å². The highest BCUT2D eigenvalue weighted by Crippen LogP contribution is 2.18. The molecule has 0 saturated carbocycles. The fourth-order valence-corrected chi connectivity index (χ4v) is 3.82. The Kier molecular flexibility index (Phi) is 2.76. The number of fused-ring (bicyclic) bond motifs is 1. The Bertz CT molecular complexity index is 1020. The zero-order valence-electron chi connectivity index (χ0n) is 10.9. The molecule has 4 heterocycles. The van der Waals surface area contributed by atoms with E-state index >= 15 is 0 Å². The fourth-order valence-electron chi connectivity index (χ4n) is 2.00. The van der Waals surface area contributed by atoms with Crippen LogP contribution in [0, 0.1) is 6.92 Å². The molecule has 0 atom stereocenters. The summed E-state index contributed by atoms with van der Waals surface area (Å²) in [5.74, 6) is 0.993. The van der Waals surface area contributed by atoms with Gasteiger partial charge in [-0.15, -0.1) is 16.4 Å². The largest absolute Gasteiger partial charge is 0.461 e. The predicted octanol–water partition coefficient (Wildman–Crippen LogP) is 2.33. The quantitative estimate of drug-likeness (QED) is 0.569. The van der Waals surface area contributed by atoms with Crippen molar-refractivity contribution in [3.05, 3.63) is 55.2 Å². The van der Waals surface area contributed by atoms with Crippen LogP contribution in [0.15, 0.2) is 39.1 Å². The van der Waals surface area contributed by atoms with E-state index in [1.54, 1.807) is 29.7 Å². The molecule has 7 heteroatoms. The molecule has 0 spiro atoms. The van der Waals surface area contributed by atoms with Gasteiger partial charge in [0.05, 0.1) is 10.8 Å². The van der Waals surface area contributed by atoms with Gasteiger partial charge < -0.3 is 4.42 Å². The third-order valence-corrected chi connectivity index (χ3v) is 5.01. The van der Waals surface area contributed by atoms with Crippen molar-refractivity contribution < 1.29 is 4.42 Å². The van der Waals surface area contributed by atoms with Gasteiger partial charge in [0.2, 0.25) is 10.8 Å². The van der Waals surface area contributed by atoms with Crippen LogP contribution >= 0.6 is 22.7 Å². The molecule has 0 aliphatic heterocycles. The van der Waals surface area contributed by atoms with Gasteiger partial charge in [-0.1, -0.05) is 11.3 Å². The van der Waals surface area contributed by atoms with Crippen LogP contribution in [0.4, 0.5) is 0 Å². The van der Waals surface area contributed by atoms with E-state index in [1.165, 1.54) is 15.9 Å². The molecule has 0 aromatic carbocycles. The maximum atomic E-state index is 12.4. The van der Waals surface area contributed by atoms with Crippen molar-refractivity contribution in [1.29, 1.82) is 0 Å². The minimum atomic E-state index is -0.145. The topological polar surface area (TPSA) is 60.4 Å². The molecule has 5 nitrogen and oxygen atoms in total. The minimum Gasteiger partial charge on any atom is -0.461 e. The number of rotatable bonds is 2. The SMILES string of the molecule is Cc1ccsc1/C=c1\sc2nc(-c3ccco3)nn2c1=O. The van der Waals surface area contributed by atoms with E-state index in [1.807, 2.05) is 24.4 Å². The molecule has 0 radical (unpaired) electrons. The molecule has 4 aromatic heterocycles. The summed E-state index contributed by atoms with van der Waals surface area (Å²) in [5.41, 5.74) is 1.02. The first kappa shape index (κ1) is 12.5. The second-order valence-corrected chi connectivity index (χ2v) is 6.45. The fraction of sp³-hybridized carbons (Fsp3) is 0.0714. The van der Waals surface area contributed by atoms with E-state index < -0.39 is 0 Å². The lowest BCUT2D eigenvalue weighted by atomic mass is 10.3. The lowest BCUT2D eigenvalue weighted by molar-refractivity contribution is 0.577. The standard InChI is InChI=1S/C14H9N3O2S2/c1-8-4-6-20-10(8)7-11-13(18)17-14(21-11)15-12(16-17)9-3-2-5-19-9/h2-7H,1H3/b11-7-. The Morgan fingerprint density at radius 1 is 1.38 bits per heavy atom. The number of aryl methyl sites for hydroxylation is 1. The van der Waals surface area contributed by atoms with Crippen LogP contribution in [0.1, 0.15) is 10.4 Å². The number of hydrogen-bond acceptors (Lipinski definition) is 6. The Hall–Kier alpha value is -2.25. The first-order chi connectivity index (χ1) is 10.2. The summed E-state index contributed by atoms with van der Waals surface area (Å²) in [6, 6.07) is 5.57. The van der Waals surface area contributed by atoms with E-state index in [2.05, 4.69) is 10.1 Å². The van der Waals surface area contributed by atoms with Crippen molar-refractivity contribution >= 4 is 33.7 Å². The number of hydrogen-bond donors (Lipinski definition) is 0. The molecular formula is C14H9N3O2S2. The molecule has 0 unspecified atom stereocenters. The average molecular weight is 315 g/mol. The Morgan fingerprint density at radius 2 is 2.29 bits per heavy atom. The van der Waals surface area contributed by atoms with Crippen molar-refractivity contribution in [1.82, 2.24) is 14.6 Å². The lowest BCUT2D eigenvalue weighted by Crippen LogP contribution is -2.23. The maximum Gasteiger partial charge on any atom is 0.291 e. The van der Waals surface area contributed by atoms with Crippen LogP contribution < -0.4 is 10.1 Å². The van der Waals surface area contributed by atoms with Crippen LogP contribution in [-0.4, -0.2) is 14.6 Å². The third-order valence-electron chi connectivity index (χ3n) is 3.09. The summed E-state index contributed by atoms with van der Waals surface area (Å²) in [6.45, 7) is 2.03. The number of thiazole rings is 1. The number of nitrogens with zero attached hydrogens (tertiary/aromatic N) is 3. The first-order valence-electron chi connectivity index (χ1n) is 6.21. The number of thiophene rings is 1. The van der Waals surface area contributed by atoms with Crippen molar-refractivity contribution in [3.8, 4) is 11.6 Å². The zero-order valence-corrected chi connectivity index (χ0v) is 12.6. The van der Waals surface area contributed by atoms with E-state index in [9.17, 15) is 4.79 Å². The molecular weight excluding hydrogens is 306 g/mol. The molecule has 21 heavy (non-hydrogen) atoms. The first-order valence-corrected chi connectivity index (χ1v) is 7.91. The molecule has 4 aromatic rings. The van der Waals surface area contributed by atoms with Crippen LogP contribution in [-0.2, 0) is 0 Å². The van der Waals surface area contributed by atoms with E-state index in [0.29, 0.717) is 21.1 Å². The highest BCUT2D eigenvalue weighted by Gasteiger charge is 2.13. The molecule has 0 aliphatic carbocycles. The smallest absolute Gasteiger partial charge is 0.291 e. The van der Waals surface area contributed by atoms with E-state index in [0.717, 1.165) is 10.4 Å². The minimum absolute atomic E-state index is 0.145. The van der Waals surface area contributed by atoms with Crippen molar-refractivity contribution in [3.63, 3.8) is 0 Å². The van der Waals surface area contributed by atoms with Gasteiger partial charge in [-0.2, -0.15) is 9.50 Å². The van der Waals surface area contributed by atoms with Gasteiger partial charge in [0.1, 0.15) is 0 Å². The molecule has 0 saturated heterocycles. The van der Waals surface area contributed by atoms with Crippen LogP contribution in [0.25, 0.3) is 22.6 Å². The monoisotopic (exact) mass is 315 g/mol. The summed E-state index contributed by atoms with van der Waals surface area (Å²) in [5, 5.41) is 6.23. The van der Waals surface area contributed by atoms with Crippen molar-refractivity contribution in [2.45, 2.75) is 6.92 Å². The van der Waals surface area contributed by atoms with Gasteiger partial charge in [0.25, 0.3) is 5.56 Å². The summed E-state index contributed by atoms with van der Waals surface area (Å²) >= 11 is 2.95. The van der Waals surface area contributed by atoms with Gasteiger partial charge in [-0.3, -0.25) is 4.79 Å². The van der Waals surface area contributed by atoms with Crippen molar-refractivity contribution in [2.75, 3.05) is 0 Å². The summed E-state index contributed by atoms with van der Waals surface area (Å²) in [7, 11) is 0. The number of furan rings is 1. The Balaban J connectivity index is 1.89. The summed E-state index contributed by atoms with van der Waals surface area (Å²) < 4.78 is 7.22. The van der Waals surface area contributed by atoms with Crippen molar-refractivity contribution in [2.24, 2.45) is 0 Å². The zero-order chi connectivity index (χ0) is 14.4. The molecule has 4 rings (SSSR count). The molecule has 0 aliphatic rings. The van der Waals surface area contributed by atoms with Crippen LogP contribution in [0.3, 0.4) is 0 Å². The summed E-state index contributed by atoms with van der Waals surface area (Å²) in [4.78, 5) is 18.4. The average Bonchev–Trinajstić information content (AvgIpc) is 3.19. The van der Waals surface area contributed by atoms with Gasteiger partial charge in [0, 0.05) is 4.88 Å². The molecule has 0 bridgehead atoms.